The lowest BCUT2D eigenvalue weighted by atomic mass is 9.92. The van der Waals surface area contributed by atoms with E-state index in [1.165, 1.54) is 24.0 Å². The molecule has 1 amide bonds. The maximum atomic E-state index is 12.4. The molecule has 1 aliphatic rings. The topological polar surface area (TPSA) is 66.8 Å². The Hall–Kier alpha value is -2.18. The Morgan fingerprint density at radius 3 is 2.70 bits per heavy atom. The number of carbonyl (C=O) groups excluding carboxylic acids is 2. The van der Waals surface area contributed by atoms with E-state index < -0.39 is 0 Å². The highest BCUT2D eigenvalue weighted by atomic mass is 32.1. The van der Waals surface area contributed by atoms with Gasteiger partial charge in [0.15, 0.2) is 0 Å². The average molecular weight is 472 g/mol. The second-order valence-electron chi connectivity index (χ2n) is 9.14. The molecule has 6 heteroatoms. The highest BCUT2D eigenvalue weighted by Crippen LogP contribution is 2.26. The van der Waals surface area contributed by atoms with Crippen molar-refractivity contribution in [3.8, 4) is 0 Å². The fraction of sp³-hybridized carbons (Fsp3) is 0.556. The van der Waals surface area contributed by atoms with Crippen LogP contribution in [0.25, 0.3) is 0 Å². The molecule has 33 heavy (non-hydrogen) atoms. The molecule has 2 aromatic rings. The van der Waals surface area contributed by atoms with Crippen LogP contribution >= 0.6 is 11.3 Å². The van der Waals surface area contributed by atoms with Gasteiger partial charge < -0.3 is 14.7 Å². The number of nitrogens with zero attached hydrogens (tertiary/aromatic N) is 1. The maximum Gasteiger partial charge on any atom is 0.348 e. The van der Waals surface area contributed by atoms with Gasteiger partial charge in [0.25, 0.3) is 0 Å². The number of methoxy groups -OCH3 is 1. The van der Waals surface area contributed by atoms with Crippen LogP contribution in [0.4, 0.5) is 0 Å². The molecular weight excluding hydrogens is 434 g/mol. The number of aliphatic hydroxyl groups excluding tert-OH is 1. The van der Waals surface area contributed by atoms with E-state index in [4.69, 9.17) is 4.74 Å². The van der Waals surface area contributed by atoms with Crippen molar-refractivity contribution in [2.24, 2.45) is 5.92 Å². The van der Waals surface area contributed by atoms with Gasteiger partial charge in [-0.1, -0.05) is 37.3 Å². The molecule has 5 nitrogen and oxygen atoms in total. The number of aryl methyl sites for hydroxylation is 2. The normalized spacial score (nSPS) is 17.8. The lowest BCUT2D eigenvalue weighted by Gasteiger charge is -2.27. The molecule has 0 bridgehead atoms. The maximum absolute atomic E-state index is 12.4. The highest BCUT2D eigenvalue weighted by Gasteiger charge is 2.31. The first-order valence-electron chi connectivity index (χ1n) is 12.2. The number of hydrogen-bond donors (Lipinski definition) is 1. The third kappa shape index (κ3) is 7.68. The van der Waals surface area contributed by atoms with Gasteiger partial charge in [0.2, 0.25) is 5.91 Å². The Morgan fingerprint density at radius 1 is 1.15 bits per heavy atom. The number of rotatable bonds is 13. The molecule has 2 heterocycles. The summed E-state index contributed by atoms with van der Waals surface area (Å²) >= 11 is 1.46. The standard InChI is InChI=1S/C27H37NO4S/c1-20(8-6-11-21-9-4-3-5-10-21)24(29)16-13-22-14-18-26(30)28(22)19-7-12-23-15-17-25(33-23)27(31)32-2/h3-5,9-10,15,17,20,22,24,29H,6-8,11-14,16,18-19H2,1-2H3/t20-,22+,24-/m1/s1. The predicted octanol–water partition coefficient (Wildman–Crippen LogP) is 5.26. The zero-order valence-electron chi connectivity index (χ0n) is 19.9. The van der Waals surface area contributed by atoms with Crippen LogP contribution in [-0.4, -0.2) is 47.7 Å². The van der Waals surface area contributed by atoms with Crippen LogP contribution in [0.3, 0.4) is 0 Å². The van der Waals surface area contributed by atoms with Crippen molar-refractivity contribution < 1.29 is 19.4 Å². The van der Waals surface area contributed by atoms with Crippen molar-refractivity contribution in [1.29, 1.82) is 0 Å². The minimum Gasteiger partial charge on any atom is -0.465 e. The second-order valence-corrected chi connectivity index (χ2v) is 10.3. The van der Waals surface area contributed by atoms with E-state index in [1.54, 1.807) is 6.07 Å². The Bertz CT molecular complexity index is 881. The minimum absolute atomic E-state index is 0.229. The number of hydrogen-bond acceptors (Lipinski definition) is 5. The van der Waals surface area contributed by atoms with Crippen LogP contribution in [0.1, 0.15) is 72.0 Å². The average Bonchev–Trinajstić information content (AvgIpc) is 3.44. The van der Waals surface area contributed by atoms with Crippen LogP contribution in [0.2, 0.25) is 0 Å². The Kier molecular flexibility index (Phi) is 9.95. The van der Waals surface area contributed by atoms with Crippen molar-refractivity contribution in [3.05, 3.63) is 57.8 Å². The van der Waals surface area contributed by atoms with E-state index in [0.29, 0.717) is 11.3 Å². The molecule has 1 aromatic heterocycles. The zero-order chi connectivity index (χ0) is 23.6. The van der Waals surface area contributed by atoms with E-state index >= 15 is 0 Å². The van der Waals surface area contributed by atoms with E-state index in [2.05, 4.69) is 31.2 Å². The van der Waals surface area contributed by atoms with E-state index in [0.717, 1.165) is 62.8 Å². The number of esters is 1. The fourth-order valence-corrected chi connectivity index (χ4v) is 5.63. The molecule has 0 saturated carbocycles. The van der Waals surface area contributed by atoms with E-state index in [1.807, 2.05) is 17.0 Å². The molecule has 0 unspecified atom stereocenters. The molecule has 1 aliphatic heterocycles. The van der Waals surface area contributed by atoms with Crippen molar-refractivity contribution in [3.63, 3.8) is 0 Å². The first kappa shape index (κ1) is 25.4. The van der Waals surface area contributed by atoms with Crippen molar-refractivity contribution in [2.45, 2.75) is 76.9 Å². The number of thiophene rings is 1. The Labute approximate surface area is 201 Å². The molecule has 180 valence electrons. The quantitative estimate of drug-likeness (QED) is 0.405. The lowest BCUT2D eigenvalue weighted by molar-refractivity contribution is -0.129. The van der Waals surface area contributed by atoms with Crippen molar-refractivity contribution in [2.75, 3.05) is 13.7 Å². The fourth-order valence-electron chi connectivity index (χ4n) is 4.66. The molecule has 0 aliphatic carbocycles. The Morgan fingerprint density at radius 2 is 1.94 bits per heavy atom. The summed E-state index contributed by atoms with van der Waals surface area (Å²) in [5.74, 6) is 0.197. The van der Waals surface area contributed by atoms with Gasteiger partial charge in [-0.15, -0.1) is 11.3 Å². The number of benzene rings is 1. The summed E-state index contributed by atoms with van der Waals surface area (Å²) in [6.07, 6.45) is 7.65. The molecule has 3 rings (SSSR count). The summed E-state index contributed by atoms with van der Waals surface area (Å²) in [7, 11) is 1.39. The molecule has 1 aromatic carbocycles. The van der Waals surface area contributed by atoms with Crippen molar-refractivity contribution >= 4 is 23.2 Å². The van der Waals surface area contributed by atoms with Gasteiger partial charge in [-0.05, 0) is 75.0 Å². The third-order valence-electron chi connectivity index (χ3n) is 6.74. The summed E-state index contributed by atoms with van der Waals surface area (Å²) in [5.41, 5.74) is 1.35. The highest BCUT2D eigenvalue weighted by molar-refractivity contribution is 7.13. The largest absolute Gasteiger partial charge is 0.465 e. The summed E-state index contributed by atoms with van der Waals surface area (Å²) in [5, 5.41) is 10.7. The molecule has 0 radical (unpaired) electrons. The molecular formula is C27H37NO4S. The minimum atomic E-state index is -0.318. The van der Waals surface area contributed by atoms with Gasteiger partial charge in [0, 0.05) is 23.9 Å². The van der Waals surface area contributed by atoms with Gasteiger partial charge in [0.1, 0.15) is 4.88 Å². The lowest BCUT2D eigenvalue weighted by Crippen LogP contribution is -2.35. The van der Waals surface area contributed by atoms with E-state index in [-0.39, 0.29) is 29.9 Å². The molecule has 1 fully saturated rings. The first-order valence-corrected chi connectivity index (χ1v) is 13.0. The van der Waals surface area contributed by atoms with Crippen LogP contribution in [0, 0.1) is 5.92 Å². The number of amides is 1. The van der Waals surface area contributed by atoms with Gasteiger partial charge in [-0.25, -0.2) is 4.79 Å². The summed E-state index contributed by atoms with van der Waals surface area (Å²) in [6.45, 7) is 2.87. The Balaban J connectivity index is 1.38. The predicted molar refractivity (Wildman–Crippen MR) is 132 cm³/mol. The van der Waals surface area contributed by atoms with Gasteiger partial charge in [-0.2, -0.15) is 0 Å². The summed E-state index contributed by atoms with van der Waals surface area (Å²) < 4.78 is 4.77. The van der Waals surface area contributed by atoms with Gasteiger partial charge in [0.05, 0.1) is 13.2 Å². The number of likely N-dealkylation sites (tertiary alicyclic amines) is 1. The van der Waals surface area contributed by atoms with Crippen LogP contribution in [-0.2, 0) is 22.4 Å². The molecule has 1 saturated heterocycles. The number of carbonyl (C=O) groups is 2. The van der Waals surface area contributed by atoms with Crippen LogP contribution in [0.5, 0.6) is 0 Å². The molecule has 0 spiro atoms. The van der Waals surface area contributed by atoms with E-state index in [9.17, 15) is 14.7 Å². The van der Waals surface area contributed by atoms with Crippen LogP contribution in [0.15, 0.2) is 42.5 Å². The van der Waals surface area contributed by atoms with Gasteiger partial charge >= 0.3 is 5.97 Å². The third-order valence-corrected chi connectivity index (χ3v) is 7.87. The SMILES string of the molecule is COC(=O)c1ccc(CCCN2C(=O)CC[C@@H]2CC[C@@H](O)[C@H](C)CCCc2ccccc2)s1. The number of ether oxygens (including phenoxy) is 1. The summed E-state index contributed by atoms with van der Waals surface area (Å²) in [6, 6.07) is 14.5. The zero-order valence-corrected chi connectivity index (χ0v) is 20.7. The summed E-state index contributed by atoms with van der Waals surface area (Å²) in [4.78, 5) is 27.8. The smallest absolute Gasteiger partial charge is 0.348 e. The molecule has 3 atom stereocenters. The number of aliphatic hydroxyl groups is 1. The van der Waals surface area contributed by atoms with Crippen molar-refractivity contribution in [1.82, 2.24) is 4.90 Å². The second kappa shape index (κ2) is 12.9. The van der Waals surface area contributed by atoms with Crippen LogP contribution < -0.4 is 0 Å². The first-order chi connectivity index (χ1) is 16.0. The molecule has 1 N–H and O–H groups in total. The van der Waals surface area contributed by atoms with Gasteiger partial charge in [-0.3, -0.25) is 4.79 Å². The monoisotopic (exact) mass is 471 g/mol.